The molecule has 0 aliphatic carbocycles. The Bertz CT molecular complexity index is 734. The third kappa shape index (κ3) is 4.61. The van der Waals surface area contributed by atoms with Crippen molar-refractivity contribution in [2.75, 3.05) is 19.0 Å². The van der Waals surface area contributed by atoms with Gasteiger partial charge in [0.15, 0.2) is 6.61 Å². The van der Waals surface area contributed by atoms with Gasteiger partial charge >= 0.3 is 5.97 Å². The number of para-hydroxylation sites is 1. The van der Waals surface area contributed by atoms with Crippen molar-refractivity contribution in [2.24, 2.45) is 0 Å². The molecule has 1 N–H and O–H groups in total. The van der Waals surface area contributed by atoms with Crippen molar-refractivity contribution >= 4 is 40.8 Å². The lowest BCUT2D eigenvalue weighted by atomic mass is 10.2. The maximum absolute atomic E-state index is 11.9. The van der Waals surface area contributed by atoms with Gasteiger partial charge in [0.25, 0.3) is 5.91 Å². The van der Waals surface area contributed by atoms with Crippen molar-refractivity contribution in [3.63, 3.8) is 0 Å². The molecule has 0 bridgehead atoms. The molecule has 0 saturated heterocycles. The molecule has 0 radical (unpaired) electrons. The summed E-state index contributed by atoms with van der Waals surface area (Å²) in [6.45, 7) is -0.310. The second-order valence-corrected chi connectivity index (χ2v) is 5.29. The summed E-state index contributed by atoms with van der Waals surface area (Å²) >= 11 is 11.8. The molecule has 2 rings (SSSR count). The number of benzene rings is 2. The third-order valence-electron chi connectivity index (χ3n) is 2.86. The van der Waals surface area contributed by atoms with Gasteiger partial charge in [-0.1, -0.05) is 35.3 Å². The van der Waals surface area contributed by atoms with E-state index in [9.17, 15) is 9.59 Å². The maximum atomic E-state index is 11.9. The summed E-state index contributed by atoms with van der Waals surface area (Å²) in [5, 5.41) is 3.40. The highest BCUT2D eigenvalue weighted by atomic mass is 35.5. The van der Waals surface area contributed by atoms with Gasteiger partial charge in [0.05, 0.1) is 17.8 Å². The second-order valence-electron chi connectivity index (χ2n) is 4.45. The summed E-state index contributed by atoms with van der Waals surface area (Å²) < 4.78 is 10.0. The van der Waals surface area contributed by atoms with E-state index in [2.05, 4.69) is 10.1 Å². The highest BCUT2D eigenvalue weighted by Crippen LogP contribution is 2.24. The number of esters is 1. The Morgan fingerprint density at radius 2 is 1.87 bits per heavy atom. The van der Waals surface area contributed by atoms with Gasteiger partial charge in [-0.2, -0.15) is 0 Å². The van der Waals surface area contributed by atoms with Crippen LogP contribution in [-0.4, -0.2) is 25.6 Å². The minimum Gasteiger partial charge on any atom is -0.483 e. The van der Waals surface area contributed by atoms with Crippen LogP contribution in [0.5, 0.6) is 5.75 Å². The van der Waals surface area contributed by atoms with E-state index >= 15 is 0 Å². The number of hydrogen-bond acceptors (Lipinski definition) is 4. The highest BCUT2D eigenvalue weighted by molar-refractivity contribution is 6.33. The van der Waals surface area contributed by atoms with Crippen LogP contribution in [0.4, 0.5) is 5.69 Å². The van der Waals surface area contributed by atoms with Gasteiger partial charge in [0.1, 0.15) is 11.3 Å². The standard InChI is InChI=1S/C16H13Cl2NO4/c1-22-16(21)11-7-6-10(17)8-14(11)23-9-15(20)19-13-5-3-2-4-12(13)18/h2-8H,9H2,1H3,(H,19,20). The van der Waals surface area contributed by atoms with Gasteiger partial charge < -0.3 is 14.8 Å². The molecule has 2 aromatic rings. The fourth-order valence-corrected chi connectivity index (χ4v) is 2.13. The number of nitrogens with one attached hydrogen (secondary N) is 1. The molecule has 0 unspecified atom stereocenters. The van der Waals surface area contributed by atoms with Crippen molar-refractivity contribution in [3.05, 3.63) is 58.1 Å². The van der Waals surface area contributed by atoms with Crippen LogP contribution >= 0.6 is 23.2 Å². The topological polar surface area (TPSA) is 64.6 Å². The van der Waals surface area contributed by atoms with Gasteiger partial charge in [-0.3, -0.25) is 4.79 Å². The first-order valence-electron chi connectivity index (χ1n) is 6.56. The number of hydrogen-bond donors (Lipinski definition) is 1. The van der Waals surface area contributed by atoms with Crippen LogP contribution in [0, 0.1) is 0 Å². The SMILES string of the molecule is COC(=O)c1ccc(Cl)cc1OCC(=O)Nc1ccccc1Cl. The van der Waals surface area contributed by atoms with Crippen LogP contribution in [-0.2, 0) is 9.53 Å². The smallest absolute Gasteiger partial charge is 0.341 e. The van der Waals surface area contributed by atoms with Gasteiger partial charge in [0.2, 0.25) is 0 Å². The molecule has 7 heteroatoms. The average molecular weight is 354 g/mol. The predicted octanol–water partition coefficient (Wildman–Crippen LogP) is 3.80. The molecule has 120 valence electrons. The first-order valence-corrected chi connectivity index (χ1v) is 7.32. The predicted molar refractivity (Wildman–Crippen MR) is 88.4 cm³/mol. The quantitative estimate of drug-likeness (QED) is 0.830. The van der Waals surface area contributed by atoms with Gasteiger partial charge in [0, 0.05) is 5.02 Å². The van der Waals surface area contributed by atoms with Crippen LogP contribution in [0.15, 0.2) is 42.5 Å². The Labute approximate surface area is 143 Å². The van der Waals surface area contributed by atoms with Crippen molar-refractivity contribution in [3.8, 4) is 5.75 Å². The third-order valence-corrected chi connectivity index (χ3v) is 3.42. The summed E-state index contributed by atoms with van der Waals surface area (Å²) in [6, 6.07) is 11.3. The molecule has 0 spiro atoms. The number of carbonyl (C=O) groups is 2. The van der Waals surface area contributed by atoms with E-state index in [1.54, 1.807) is 24.3 Å². The van der Waals surface area contributed by atoms with Crippen LogP contribution in [0.2, 0.25) is 10.0 Å². The lowest BCUT2D eigenvalue weighted by Crippen LogP contribution is -2.21. The number of rotatable bonds is 5. The minimum absolute atomic E-state index is 0.165. The van der Waals surface area contributed by atoms with E-state index in [4.69, 9.17) is 27.9 Å². The van der Waals surface area contributed by atoms with Crippen LogP contribution in [0.1, 0.15) is 10.4 Å². The fourth-order valence-electron chi connectivity index (χ4n) is 1.79. The summed E-state index contributed by atoms with van der Waals surface area (Å²) in [5.74, 6) is -0.837. The zero-order valence-corrected chi connectivity index (χ0v) is 13.6. The lowest BCUT2D eigenvalue weighted by Gasteiger charge is -2.11. The summed E-state index contributed by atoms with van der Waals surface area (Å²) in [5.41, 5.74) is 0.657. The Hall–Kier alpha value is -2.24. The van der Waals surface area contributed by atoms with Crippen molar-refractivity contribution in [1.29, 1.82) is 0 Å². The van der Waals surface area contributed by atoms with Crippen LogP contribution < -0.4 is 10.1 Å². The monoisotopic (exact) mass is 353 g/mol. The van der Waals surface area contributed by atoms with E-state index in [1.165, 1.54) is 25.3 Å². The van der Waals surface area contributed by atoms with Gasteiger partial charge in [-0.15, -0.1) is 0 Å². The molecule has 0 aliphatic heterocycles. The number of ether oxygens (including phenoxy) is 2. The minimum atomic E-state index is -0.580. The van der Waals surface area contributed by atoms with Crippen molar-refractivity contribution in [2.45, 2.75) is 0 Å². The van der Waals surface area contributed by atoms with Crippen LogP contribution in [0.25, 0.3) is 0 Å². The normalized spacial score (nSPS) is 10.0. The number of methoxy groups -OCH3 is 1. The van der Waals surface area contributed by atoms with Gasteiger partial charge in [-0.05, 0) is 30.3 Å². The number of carbonyl (C=O) groups excluding carboxylic acids is 2. The molecule has 0 saturated carbocycles. The number of amides is 1. The molecule has 0 aliphatic rings. The average Bonchev–Trinajstić information content (AvgIpc) is 2.54. The van der Waals surface area contributed by atoms with Crippen molar-refractivity contribution in [1.82, 2.24) is 0 Å². The molecule has 0 atom stereocenters. The molecule has 0 aromatic heterocycles. The Morgan fingerprint density at radius 1 is 1.13 bits per heavy atom. The van der Waals surface area contributed by atoms with E-state index in [1.807, 2.05) is 0 Å². The molecule has 0 fully saturated rings. The maximum Gasteiger partial charge on any atom is 0.341 e. The molecule has 5 nitrogen and oxygen atoms in total. The summed E-state index contributed by atoms with van der Waals surface area (Å²) in [7, 11) is 1.25. The van der Waals surface area contributed by atoms with Crippen molar-refractivity contribution < 1.29 is 19.1 Å². The van der Waals surface area contributed by atoms with Gasteiger partial charge in [-0.25, -0.2) is 4.79 Å². The lowest BCUT2D eigenvalue weighted by molar-refractivity contribution is -0.118. The molecule has 1 amide bonds. The first kappa shape index (κ1) is 17.1. The summed E-state index contributed by atoms with van der Waals surface area (Å²) in [6.07, 6.45) is 0. The Balaban J connectivity index is 2.06. The molecule has 23 heavy (non-hydrogen) atoms. The highest BCUT2D eigenvalue weighted by Gasteiger charge is 2.15. The van der Waals surface area contributed by atoms with E-state index < -0.39 is 11.9 Å². The first-order chi connectivity index (χ1) is 11.0. The Morgan fingerprint density at radius 3 is 2.57 bits per heavy atom. The Kier molecular flexibility index (Phi) is 5.84. The molecular formula is C16H13Cl2NO4. The zero-order chi connectivity index (χ0) is 16.8. The number of halogens is 2. The second kappa shape index (κ2) is 7.85. The zero-order valence-electron chi connectivity index (χ0n) is 12.1. The molecular weight excluding hydrogens is 341 g/mol. The summed E-state index contributed by atoms with van der Waals surface area (Å²) in [4.78, 5) is 23.6. The largest absolute Gasteiger partial charge is 0.483 e. The number of anilines is 1. The van der Waals surface area contributed by atoms with E-state index in [0.29, 0.717) is 15.7 Å². The molecule has 2 aromatic carbocycles. The molecule has 0 heterocycles. The fraction of sp³-hybridized carbons (Fsp3) is 0.125. The van der Waals surface area contributed by atoms with E-state index in [0.717, 1.165) is 0 Å². The van der Waals surface area contributed by atoms with E-state index in [-0.39, 0.29) is 17.9 Å². The van der Waals surface area contributed by atoms with Crippen LogP contribution in [0.3, 0.4) is 0 Å².